The van der Waals surface area contributed by atoms with Crippen LogP contribution in [0.4, 0.5) is 16.1 Å². The molecule has 8 nitrogen and oxygen atoms in total. The molecule has 33 heavy (non-hydrogen) atoms. The molecule has 1 aromatic heterocycles. The van der Waals surface area contributed by atoms with Crippen molar-refractivity contribution in [3.8, 4) is 5.75 Å². The molecule has 0 saturated carbocycles. The summed E-state index contributed by atoms with van der Waals surface area (Å²) in [5.41, 5.74) is 6.42. The highest BCUT2D eigenvalue weighted by Crippen LogP contribution is 2.35. The van der Waals surface area contributed by atoms with E-state index in [0.717, 1.165) is 51.0 Å². The van der Waals surface area contributed by atoms with Crippen molar-refractivity contribution >= 4 is 18.0 Å². The number of aromatic nitrogens is 2. The summed E-state index contributed by atoms with van der Waals surface area (Å²) in [6.07, 6.45) is 5.42. The van der Waals surface area contributed by atoms with E-state index in [4.69, 9.17) is 15.0 Å². The van der Waals surface area contributed by atoms with Crippen molar-refractivity contribution in [3.05, 3.63) is 29.3 Å². The van der Waals surface area contributed by atoms with Gasteiger partial charge in [-0.05, 0) is 50.2 Å². The zero-order valence-corrected chi connectivity index (χ0v) is 19.5. The van der Waals surface area contributed by atoms with Crippen molar-refractivity contribution in [2.45, 2.75) is 57.9 Å². The number of carbonyl (C=O) groups is 1. The van der Waals surface area contributed by atoms with Gasteiger partial charge in [0.2, 0.25) is 0 Å². The molecule has 2 aliphatic rings. The largest absolute Gasteiger partial charge is 0.491 e. The van der Waals surface area contributed by atoms with Crippen LogP contribution in [0, 0.1) is 11.7 Å². The van der Waals surface area contributed by atoms with Crippen molar-refractivity contribution in [2.75, 3.05) is 42.6 Å². The molecule has 9 heteroatoms. The SMILES string of the molecule is CC(C)c1noc(N2CCC(CCCOc3ccc(C=O)c(F)c3N3CC[C@@H](N)C3)CC2)n1. The molecule has 4 rings (SSSR count). The van der Waals surface area contributed by atoms with Crippen LogP contribution in [0.5, 0.6) is 5.75 Å². The smallest absolute Gasteiger partial charge is 0.324 e. The number of rotatable bonds is 9. The molecule has 0 bridgehead atoms. The maximum atomic E-state index is 14.9. The van der Waals surface area contributed by atoms with E-state index in [1.54, 1.807) is 6.07 Å². The summed E-state index contributed by atoms with van der Waals surface area (Å²) in [4.78, 5) is 19.8. The van der Waals surface area contributed by atoms with E-state index in [0.29, 0.717) is 49.4 Å². The Bertz CT molecular complexity index is 942. The molecule has 3 heterocycles. The highest BCUT2D eigenvalue weighted by atomic mass is 19.1. The van der Waals surface area contributed by atoms with Gasteiger partial charge in [-0.15, -0.1) is 0 Å². The van der Waals surface area contributed by atoms with E-state index in [1.807, 2.05) is 4.90 Å². The van der Waals surface area contributed by atoms with Crippen LogP contribution in [0.2, 0.25) is 0 Å². The Balaban J connectivity index is 1.26. The quantitative estimate of drug-likeness (QED) is 0.447. The summed E-state index contributed by atoms with van der Waals surface area (Å²) < 4.78 is 26.3. The molecule has 0 aliphatic carbocycles. The fourth-order valence-corrected chi connectivity index (χ4v) is 4.61. The summed E-state index contributed by atoms with van der Waals surface area (Å²) in [5.74, 6) is 1.58. The van der Waals surface area contributed by atoms with Gasteiger partial charge in [0.15, 0.2) is 17.9 Å². The first-order valence-corrected chi connectivity index (χ1v) is 12.0. The molecule has 1 aromatic carbocycles. The van der Waals surface area contributed by atoms with E-state index in [2.05, 4.69) is 28.9 Å². The van der Waals surface area contributed by atoms with Gasteiger partial charge in [0.1, 0.15) is 11.4 Å². The van der Waals surface area contributed by atoms with E-state index >= 15 is 0 Å². The average Bonchev–Trinajstić information content (AvgIpc) is 3.47. The lowest BCUT2D eigenvalue weighted by Crippen LogP contribution is -2.34. The molecule has 2 aromatic rings. The van der Waals surface area contributed by atoms with Crippen LogP contribution in [-0.4, -0.2) is 55.3 Å². The second-order valence-electron chi connectivity index (χ2n) is 9.44. The molecular formula is C24H34FN5O3. The fraction of sp³-hybridized carbons (Fsp3) is 0.625. The van der Waals surface area contributed by atoms with Crippen LogP contribution in [-0.2, 0) is 0 Å². The minimum atomic E-state index is -0.523. The first-order chi connectivity index (χ1) is 16.0. The zero-order valence-electron chi connectivity index (χ0n) is 19.5. The number of piperidine rings is 1. The van der Waals surface area contributed by atoms with Crippen molar-refractivity contribution in [1.82, 2.24) is 10.1 Å². The first kappa shape index (κ1) is 23.5. The van der Waals surface area contributed by atoms with Crippen molar-refractivity contribution in [1.29, 1.82) is 0 Å². The molecule has 1 atom stereocenters. The first-order valence-electron chi connectivity index (χ1n) is 12.0. The minimum Gasteiger partial charge on any atom is -0.491 e. The number of hydrogen-bond acceptors (Lipinski definition) is 8. The second kappa shape index (κ2) is 10.5. The van der Waals surface area contributed by atoms with Crippen LogP contribution < -0.4 is 20.3 Å². The predicted molar refractivity (Wildman–Crippen MR) is 125 cm³/mol. The van der Waals surface area contributed by atoms with Crippen LogP contribution in [0.15, 0.2) is 16.7 Å². The van der Waals surface area contributed by atoms with Gasteiger partial charge in [-0.2, -0.15) is 4.98 Å². The fourth-order valence-electron chi connectivity index (χ4n) is 4.61. The lowest BCUT2D eigenvalue weighted by molar-refractivity contribution is 0.112. The molecule has 2 N–H and O–H groups in total. The Morgan fingerprint density at radius 2 is 2.00 bits per heavy atom. The number of ether oxygens (including phenoxy) is 1. The number of anilines is 2. The molecule has 2 aliphatic heterocycles. The number of aldehydes is 1. The third kappa shape index (κ3) is 5.46. The summed E-state index contributed by atoms with van der Waals surface area (Å²) >= 11 is 0. The van der Waals surface area contributed by atoms with Crippen LogP contribution in [0.3, 0.4) is 0 Å². The van der Waals surface area contributed by atoms with Gasteiger partial charge in [-0.3, -0.25) is 4.79 Å². The maximum absolute atomic E-state index is 14.9. The number of hydrogen-bond donors (Lipinski definition) is 1. The van der Waals surface area contributed by atoms with Gasteiger partial charge in [0, 0.05) is 38.1 Å². The zero-order chi connectivity index (χ0) is 23.4. The standard InChI is InChI=1S/C24H34FN5O3/c1-16(2)23-27-24(33-28-23)29-10-7-17(8-11-29)4-3-13-32-20-6-5-18(15-31)21(25)22(20)30-12-9-19(26)14-30/h5-6,15-17,19H,3-4,7-14,26H2,1-2H3/t19-/m1/s1. The van der Waals surface area contributed by atoms with Crippen LogP contribution in [0.25, 0.3) is 0 Å². The topological polar surface area (TPSA) is 97.7 Å². The number of nitrogens with zero attached hydrogens (tertiary/aromatic N) is 4. The number of nitrogens with two attached hydrogens (primary N) is 1. The molecule has 180 valence electrons. The summed E-state index contributed by atoms with van der Waals surface area (Å²) in [6.45, 7) is 7.65. The van der Waals surface area contributed by atoms with Crippen LogP contribution in [0.1, 0.15) is 68.1 Å². The van der Waals surface area contributed by atoms with E-state index in [-0.39, 0.29) is 17.5 Å². The third-order valence-electron chi connectivity index (χ3n) is 6.62. The van der Waals surface area contributed by atoms with E-state index in [1.165, 1.54) is 6.07 Å². The van der Waals surface area contributed by atoms with Crippen molar-refractivity contribution in [2.24, 2.45) is 11.7 Å². The lowest BCUT2D eigenvalue weighted by atomic mass is 9.92. The Hall–Kier alpha value is -2.68. The number of benzene rings is 1. The number of halogens is 1. The second-order valence-corrected chi connectivity index (χ2v) is 9.44. The van der Waals surface area contributed by atoms with Gasteiger partial charge in [-0.1, -0.05) is 19.0 Å². The van der Waals surface area contributed by atoms with Crippen LogP contribution >= 0.6 is 0 Å². The Kier molecular flexibility index (Phi) is 7.47. The molecular weight excluding hydrogens is 425 g/mol. The predicted octanol–water partition coefficient (Wildman–Crippen LogP) is 3.76. The number of carbonyl (C=O) groups excluding carboxylic acids is 1. The highest BCUT2D eigenvalue weighted by molar-refractivity contribution is 5.80. The summed E-state index contributed by atoms with van der Waals surface area (Å²) in [5, 5.41) is 4.06. The Labute approximate surface area is 194 Å². The molecule has 0 amide bonds. The van der Waals surface area contributed by atoms with Gasteiger partial charge in [0.25, 0.3) is 0 Å². The van der Waals surface area contributed by atoms with Gasteiger partial charge in [0.05, 0.1) is 12.2 Å². The monoisotopic (exact) mass is 459 g/mol. The third-order valence-corrected chi connectivity index (χ3v) is 6.62. The lowest BCUT2D eigenvalue weighted by Gasteiger charge is -2.30. The summed E-state index contributed by atoms with van der Waals surface area (Å²) in [7, 11) is 0. The normalized spacial score (nSPS) is 19.5. The molecule has 0 unspecified atom stereocenters. The maximum Gasteiger partial charge on any atom is 0.324 e. The Morgan fingerprint density at radius 1 is 1.24 bits per heavy atom. The van der Waals surface area contributed by atoms with Crippen molar-refractivity contribution < 1.29 is 18.4 Å². The van der Waals surface area contributed by atoms with E-state index in [9.17, 15) is 9.18 Å². The molecule has 2 saturated heterocycles. The molecule has 0 radical (unpaired) electrons. The molecule has 2 fully saturated rings. The average molecular weight is 460 g/mol. The van der Waals surface area contributed by atoms with Crippen molar-refractivity contribution in [3.63, 3.8) is 0 Å². The molecule has 0 spiro atoms. The van der Waals surface area contributed by atoms with E-state index < -0.39 is 5.82 Å². The van der Waals surface area contributed by atoms with Gasteiger partial charge >= 0.3 is 6.01 Å². The van der Waals surface area contributed by atoms with Gasteiger partial charge < -0.3 is 24.8 Å². The highest BCUT2D eigenvalue weighted by Gasteiger charge is 2.27. The van der Waals surface area contributed by atoms with Gasteiger partial charge in [-0.25, -0.2) is 4.39 Å². The minimum absolute atomic E-state index is 0.00660. The Morgan fingerprint density at radius 3 is 2.64 bits per heavy atom. The summed E-state index contributed by atoms with van der Waals surface area (Å²) in [6, 6.07) is 3.80.